The summed E-state index contributed by atoms with van der Waals surface area (Å²) in [7, 11) is 0. The zero-order chi connectivity index (χ0) is 19.3. The average molecular weight is 399 g/mol. The van der Waals surface area contributed by atoms with Crippen molar-refractivity contribution >= 4 is 50.2 Å². The summed E-state index contributed by atoms with van der Waals surface area (Å²) in [6, 6.07) is 22.1. The number of aromatic nitrogens is 1. The molecule has 134 valence electrons. The number of benzene rings is 3. The van der Waals surface area contributed by atoms with Crippen molar-refractivity contribution < 1.29 is 4.74 Å². The van der Waals surface area contributed by atoms with Crippen molar-refractivity contribution in [2.75, 3.05) is 6.61 Å². The van der Waals surface area contributed by atoms with Crippen LogP contribution in [-0.2, 0) is 0 Å². The van der Waals surface area contributed by atoms with Gasteiger partial charge in [-0.2, -0.15) is 5.26 Å². The van der Waals surface area contributed by atoms with Crippen molar-refractivity contribution in [2.45, 2.75) is 4.34 Å². The van der Waals surface area contributed by atoms with Gasteiger partial charge in [-0.05, 0) is 46.8 Å². The third-order valence-corrected chi connectivity index (χ3v) is 6.12. The molecule has 0 radical (unpaired) electrons. The summed E-state index contributed by atoms with van der Waals surface area (Å²) in [6.45, 7) is 0.173. The maximum Gasteiger partial charge on any atom is 0.156 e. The van der Waals surface area contributed by atoms with Crippen molar-refractivity contribution in [3.05, 3.63) is 71.1 Å². The number of terminal acetylenes is 1. The molecule has 4 rings (SSSR count). The Morgan fingerprint density at radius 1 is 1.14 bits per heavy atom. The van der Waals surface area contributed by atoms with Crippen molar-refractivity contribution in [2.24, 2.45) is 0 Å². The second kappa shape index (κ2) is 8.19. The Balaban J connectivity index is 1.77. The number of para-hydroxylation sites is 1. The quantitative estimate of drug-likeness (QED) is 0.231. The summed E-state index contributed by atoms with van der Waals surface area (Å²) in [5.74, 6) is 3.15. The van der Waals surface area contributed by atoms with Crippen LogP contribution in [0.4, 0.5) is 0 Å². The number of thiazole rings is 1. The Kier molecular flexibility index (Phi) is 5.30. The molecule has 0 bridgehead atoms. The number of fused-ring (bicyclic) bond motifs is 2. The van der Waals surface area contributed by atoms with Crippen LogP contribution >= 0.6 is 23.1 Å². The lowest BCUT2D eigenvalue weighted by molar-refractivity contribution is 0.370. The summed E-state index contributed by atoms with van der Waals surface area (Å²) >= 11 is 2.94. The lowest BCUT2D eigenvalue weighted by Crippen LogP contribution is -1.96. The Morgan fingerprint density at radius 3 is 2.79 bits per heavy atom. The molecule has 3 aromatic carbocycles. The normalized spacial score (nSPS) is 11.3. The fraction of sp³-hybridized carbons (Fsp3) is 0.0435. The highest BCUT2D eigenvalue weighted by Crippen LogP contribution is 2.37. The zero-order valence-electron chi connectivity index (χ0n) is 14.8. The summed E-state index contributed by atoms with van der Waals surface area (Å²) in [6.07, 6.45) is 7.20. The molecule has 0 unspecified atom stereocenters. The van der Waals surface area contributed by atoms with Gasteiger partial charge < -0.3 is 4.74 Å². The van der Waals surface area contributed by atoms with Gasteiger partial charge in [0.15, 0.2) is 4.34 Å². The van der Waals surface area contributed by atoms with Crippen molar-refractivity contribution in [1.82, 2.24) is 4.98 Å². The number of thioether (sulfide) groups is 1. The predicted octanol–water partition coefficient (Wildman–Crippen LogP) is 6.12. The van der Waals surface area contributed by atoms with E-state index < -0.39 is 0 Å². The Morgan fingerprint density at radius 2 is 1.96 bits per heavy atom. The van der Waals surface area contributed by atoms with Crippen LogP contribution in [0, 0.1) is 23.7 Å². The summed E-state index contributed by atoms with van der Waals surface area (Å²) in [4.78, 5) is 5.15. The van der Waals surface area contributed by atoms with E-state index >= 15 is 0 Å². The Hall–Kier alpha value is -3.25. The topological polar surface area (TPSA) is 45.9 Å². The van der Waals surface area contributed by atoms with Crippen LogP contribution in [-0.4, -0.2) is 11.6 Å². The van der Waals surface area contributed by atoms with Crippen LogP contribution < -0.4 is 4.74 Å². The molecular weight excluding hydrogens is 384 g/mol. The van der Waals surface area contributed by atoms with Gasteiger partial charge >= 0.3 is 0 Å². The summed E-state index contributed by atoms with van der Waals surface area (Å²) in [5, 5.41) is 11.8. The van der Waals surface area contributed by atoms with Gasteiger partial charge in [0, 0.05) is 5.56 Å². The third kappa shape index (κ3) is 3.73. The molecule has 0 spiro atoms. The Labute approximate surface area is 171 Å². The van der Waals surface area contributed by atoms with Gasteiger partial charge in [0.1, 0.15) is 18.4 Å². The standard InChI is InChI=1S/C23H14N2OS2/c1-2-13-26-21-12-11-16-7-3-4-8-18(16)19(21)14-17(15-24)27-23-25-20-9-5-6-10-22(20)28-23/h1,3-12,14H,13H2/b17-14+. The van der Waals surface area contributed by atoms with Crippen LogP contribution in [0.3, 0.4) is 0 Å². The first-order valence-corrected chi connectivity index (χ1v) is 10.1. The molecule has 3 nitrogen and oxygen atoms in total. The number of rotatable bonds is 5. The van der Waals surface area contributed by atoms with Crippen molar-refractivity contribution in [1.29, 1.82) is 5.26 Å². The largest absolute Gasteiger partial charge is 0.480 e. The van der Waals surface area contributed by atoms with E-state index in [0.717, 1.165) is 30.9 Å². The van der Waals surface area contributed by atoms with E-state index in [2.05, 4.69) is 17.0 Å². The van der Waals surface area contributed by atoms with Gasteiger partial charge in [-0.1, -0.05) is 48.4 Å². The molecule has 0 aliphatic carbocycles. The summed E-state index contributed by atoms with van der Waals surface area (Å²) < 4.78 is 7.66. The Bertz CT molecular complexity index is 1240. The number of ether oxygens (including phenoxy) is 1. The predicted molar refractivity (Wildman–Crippen MR) is 117 cm³/mol. The number of allylic oxidation sites excluding steroid dienone is 1. The molecule has 1 aromatic heterocycles. The van der Waals surface area contributed by atoms with E-state index in [9.17, 15) is 5.26 Å². The molecule has 0 amide bonds. The van der Waals surface area contributed by atoms with Gasteiger partial charge in [-0.15, -0.1) is 17.8 Å². The molecule has 0 aliphatic heterocycles. The highest BCUT2D eigenvalue weighted by Gasteiger charge is 2.11. The fourth-order valence-corrected chi connectivity index (χ4v) is 4.83. The third-order valence-electron chi connectivity index (χ3n) is 4.10. The van der Waals surface area contributed by atoms with Crippen LogP contribution in [0.5, 0.6) is 5.75 Å². The molecule has 0 saturated carbocycles. The molecule has 0 N–H and O–H groups in total. The lowest BCUT2D eigenvalue weighted by Gasteiger charge is -2.10. The molecule has 5 heteroatoms. The van der Waals surface area contributed by atoms with E-state index in [4.69, 9.17) is 11.2 Å². The van der Waals surface area contributed by atoms with Gasteiger partial charge in [-0.25, -0.2) is 4.98 Å². The number of nitrogens with zero attached hydrogens (tertiary/aromatic N) is 2. The fourth-order valence-electron chi connectivity index (χ4n) is 2.87. The highest BCUT2D eigenvalue weighted by atomic mass is 32.2. The first-order valence-electron chi connectivity index (χ1n) is 8.52. The SMILES string of the molecule is C#CCOc1ccc2ccccc2c1/C=C(\C#N)Sc1nc2ccccc2s1. The minimum Gasteiger partial charge on any atom is -0.480 e. The van der Waals surface area contributed by atoms with Gasteiger partial charge in [0.2, 0.25) is 0 Å². The minimum atomic E-state index is 0.173. The molecule has 1 heterocycles. The highest BCUT2D eigenvalue weighted by molar-refractivity contribution is 8.05. The van der Waals surface area contributed by atoms with Crippen LogP contribution in [0.25, 0.3) is 27.1 Å². The van der Waals surface area contributed by atoms with E-state index in [-0.39, 0.29) is 6.61 Å². The number of hydrogen-bond donors (Lipinski definition) is 0. The average Bonchev–Trinajstić information content (AvgIpc) is 3.14. The molecule has 0 aliphatic rings. The lowest BCUT2D eigenvalue weighted by atomic mass is 10.0. The van der Waals surface area contributed by atoms with Crippen LogP contribution in [0.1, 0.15) is 5.56 Å². The van der Waals surface area contributed by atoms with Crippen LogP contribution in [0.15, 0.2) is 69.9 Å². The van der Waals surface area contributed by atoms with E-state index in [1.54, 1.807) is 11.3 Å². The number of nitriles is 1. The van der Waals surface area contributed by atoms with E-state index in [1.807, 2.05) is 66.7 Å². The second-order valence-electron chi connectivity index (χ2n) is 5.86. The monoisotopic (exact) mass is 398 g/mol. The molecule has 0 atom stereocenters. The maximum absolute atomic E-state index is 9.73. The van der Waals surface area contributed by atoms with Gasteiger partial charge in [-0.3, -0.25) is 0 Å². The minimum absolute atomic E-state index is 0.173. The van der Waals surface area contributed by atoms with E-state index in [0.29, 0.717) is 10.7 Å². The smallest absolute Gasteiger partial charge is 0.156 e. The van der Waals surface area contributed by atoms with Crippen molar-refractivity contribution in [3.8, 4) is 24.2 Å². The molecule has 4 aromatic rings. The molecule has 0 fully saturated rings. The van der Waals surface area contributed by atoms with Crippen LogP contribution in [0.2, 0.25) is 0 Å². The maximum atomic E-state index is 9.73. The molecule has 28 heavy (non-hydrogen) atoms. The zero-order valence-corrected chi connectivity index (χ0v) is 16.4. The molecular formula is C23H14N2OS2. The second-order valence-corrected chi connectivity index (χ2v) is 8.18. The van der Waals surface area contributed by atoms with Gasteiger partial charge in [0.25, 0.3) is 0 Å². The first kappa shape index (κ1) is 18.1. The number of hydrogen-bond acceptors (Lipinski definition) is 5. The van der Waals surface area contributed by atoms with E-state index in [1.165, 1.54) is 11.8 Å². The summed E-state index contributed by atoms with van der Waals surface area (Å²) in [5.41, 5.74) is 1.79. The van der Waals surface area contributed by atoms with Crippen molar-refractivity contribution in [3.63, 3.8) is 0 Å². The first-order chi connectivity index (χ1) is 13.8. The molecule has 0 saturated heterocycles. The van der Waals surface area contributed by atoms with Gasteiger partial charge in [0.05, 0.1) is 15.1 Å².